The number of halogens is 1. The highest BCUT2D eigenvalue weighted by Crippen LogP contribution is 2.48. The van der Waals surface area contributed by atoms with Crippen LogP contribution in [0.4, 0.5) is 0 Å². The van der Waals surface area contributed by atoms with Crippen molar-refractivity contribution >= 4 is 22.9 Å². The average molecular weight is 217 g/mol. The minimum absolute atomic E-state index is 0.677. The summed E-state index contributed by atoms with van der Waals surface area (Å²) in [5.41, 5.74) is 0. The predicted octanol–water partition coefficient (Wildman–Crippen LogP) is 2.51. The van der Waals surface area contributed by atoms with Crippen LogP contribution in [0, 0.1) is 5.92 Å². The third-order valence-corrected chi connectivity index (χ3v) is 3.64. The number of nitrogens with zero attached hydrogens (tertiary/aromatic N) is 1. The minimum atomic E-state index is 0.677. The number of thiazole rings is 1. The largest absolute Gasteiger partial charge is 0.317 e. The molecule has 1 N–H and O–H groups in total. The summed E-state index contributed by atoms with van der Waals surface area (Å²) in [5.74, 6) is 1.47. The first-order chi connectivity index (χ1) is 6.31. The molecule has 1 fully saturated rings. The zero-order chi connectivity index (χ0) is 9.26. The fourth-order valence-electron chi connectivity index (χ4n) is 1.54. The molecule has 2 unspecified atom stereocenters. The number of hydrogen-bond donors (Lipinski definition) is 1. The highest BCUT2D eigenvalue weighted by atomic mass is 35.5. The molecule has 1 aromatic rings. The number of aromatic nitrogens is 1. The molecule has 1 aliphatic carbocycles. The standard InChI is InChI=1S/C9H13ClN2S/c1-2-11-4-6-3-7(6)9-12-5-8(10)13-9/h5-7,11H,2-4H2,1H3. The van der Waals surface area contributed by atoms with E-state index in [1.165, 1.54) is 11.4 Å². The lowest BCUT2D eigenvalue weighted by molar-refractivity contribution is 0.648. The molecule has 2 nitrogen and oxygen atoms in total. The van der Waals surface area contributed by atoms with Gasteiger partial charge >= 0.3 is 0 Å². The summed E-state index contributed by atoms with van der Waals surface area (Å²) in [6.07, 6.45) is 3.03. The Labute approximate surface area is 87.3 Å². The van der Waals surface area contributed by atoms with Crippen LogP contribution >= 0.6 is 22.9 Å². The van der Waals surface area contributed by atoms with E-state index < -0.39 is 0 Å². The fraction of sp³-hybridized carbons (Fsp3) is 0.667. The molecule has 1 saturated carbocycles. The monoisotopic (exact) mass is 216 g/mol. The summed E-state index contributed by atoms with van der Waals surface area (Å²) in [4.78, 5) is 4.29. The van der Waals surface area contributed by atoms with Crippen LogP contribution in [0.25, 0.3) is 0 Å². The lowest BCUT2D eigenvalue weighted by Crippen LogP contribution is -2.16. The molecule has 0 radical (unpaired) electrons. The smallest absolute Gasteiger partial charge is 0.113 e. The Morgan fingerprint density at radius 2 is 2.62 bits per heavy atom. The Kier molecular flexibility index (Phi) is 2.86. The van der Waals surface area contributed by atoms with Gasteiger partial charge in [-0.1, -0.05) is 18.5 Å². The molecule has 0 aliphatic heterocycles. The summed E-state index contributed by atoms with van der Waals surface area (Å²) >= 11 is 7.45. The van der Waals surface area contributed by atoms with E-state index in [0.29, 0.717) is 5.92 Å². The van der Waals surface area contributed by atoms with Gasteiger partial charge < -0.3 is 5.32 Å². The molecule has 1 heterocycles. The van der Waals surface area contributed by atoms with Crippen molar-refractivity contribution in [3.63, 3.8) is 0 Å². The summed E-state index contributed by atoms with van der Waals surface area (Å²) in [5, 5.41) is 4.58. The first kappa shape index (κ1) is 9.44. The highest BCUT2D eigenvalue weighted by Gasteiger charge is 2.39. The van der Waals surface area contributed by atoms with E-state index in [-0.39, 0.29) is 0 Å². The fourth-order valence-corrected chi connectivity index (χ4v) is 2.68. The van der Waals surface area contributed by atoms with E-state index in [1.54, 1.807) is 17.5 Å². The van der Waals surface area contributed by atoms with Gasteiger partial charge in [-0.15, -0.1) is 11.3 Å². The molecule has 4 heteroatoms. The van der Waals surface area contributed by atoms with Crippen LogP contribution in [-0.4, -0.2) is 18.1 Å². The summed E-state index contributed by atoms with van der Waals surface area (Å²) in [6.45, 7) is 4.32. The van der Waals surface area contributed by atoms with Crippen LogP contribution in [0.2, 0.25) is 4.34 Å². The number of rotatable bonds is 4. The molecule has 1 aromatic heterocycles. The third-order valence-electron chi connectivity index (χ3n) is 2.39. The van der Waals surface area contributed by atoms with E-state index in [4.69, 9.17) is 11.6 Å². The van der Waals surface area contributed by atoms with Gasteiger partial charge in [-0.25, -0.2) is 4.98 Å². The Balaban J connectivity index is 1.85. The van der Waals surface area contributed by atoms with Gasteiger partial charge in [0.25, 0.3) is 0 Å². The van der Waals surface area contributed by atoms with Crippen LogP contribution in [0.1, 0.15) is 24.3 Å². The van der Waals surface area contributed by atoms with Crippen molar-refractivity contribution in [2.75, 3.05) is 13.1 Å². The van der Waals surface area contributed by atoms with Gasteiger partial charge in [-0.2, -0.15) is 0 Å². The lowest BCUT2D eigenvalue weighted by Gasteiger charge is -1.97. The van der Waals surface area contributed by atoms with Crippen LogP contribution in [-0.2, 0) is 0 Å². The zero-order valence-corrected chi connectivity index (χ0v) is 9.16. The normalized spacial score (nSPS) is 26.3. The molecule has 2 atom stereocenters. The van der Waals surface area contributed by atoms with Crippen molar-refractivity contribution in [1.82, 2.24) is 10.3 Å². The molecule has 0 amide bonds. The van der Waals surface area contributed by atoms with Crippen LogP contribution in [0.15, 0.2) is 6.20 Å². The van der Waals surface area contributed by atoms with Crippen molar-refractivity contribution in [3.05, 3.63) is 15.5 Å². The Hall–Kier alpha value is -0.120. The molecule has 0 spiro atoms. The average Bonchev–Trinajstić information content (AvgIpc) is 2.78. The van der Waals surface area contributed by atoms with Crippen molar-refractivity contribution in [3.8, 4) is 0 Å². The van der Waals surface area contributed by atoms with Crippen LogP contribution in [0.3, 0.4) is 0 Å². The van der Waals surface area contributed by atoms with Crippen molar-refractivity contribution in [2.45, 2.75) is 19.3 Å². The molecule has 0 saturated heterocycles. The maximum Gasteiger partial charge on any atom is 0.113 e. The van der Waals surface area contributed by atoms with Crippen molar-refractivity contribution in [1.29, 1.82) is 0 Å². The topological polar surface area (TPSA) is 24.9 Å². The van der Waals surface area contributed by atoms with Gasteiger partial charge in [-0.3, -0.25) is 0 Å². The number of hydrogen-bond acceptors (Lipinski definition) is 3. The second kappa shape index (κ2) is 3.95. The van der Waals surface area contributed by atoms with E-state index in [0.717, 1.165) is 23.3 Å². The van der Waals surface area contributed by atoms with Gasteiger partial charge in [0.1, 0.15) is 4.34 Å². The van der Waals surface area contributed by atoms with Gasteiger partial charge in [0.2, 0.25) is 0 Å². The summed E-state index contributed by atoms with van der Waals surface area (Å²) < 4.78 is 0.809. The van der Waals surface area contributed by atoms with E-state index in [9.17, 15) is 0 Å². The minimum Gasteiger partial charge on any atom is -0.317 e. The van der Waals surface area contributed by atoms with Crippen molar-refractivity contribution < 1.29 is 0 Å². The Morgan fingerprint density at radius 3 is 3.23 bits per heavy atom. The molecule has 1 aliphatic rings. The molecular weight excluding hydrogens is 204 g/mol. The molecule has 0 bridgehead atoms. The number of nitrogens with one attached hydrogen (secondary N) is 1. The predicted molar refractivity (Wildman–Crippen MR) is 56.5 cm³/mol. The maximum absolute atomic E-state index is 5.82. The second-order valence-electron chi connectivity index (χ2n) is 3.41. The van der Waals surface area contributed by atoms with Gasteiger partial charge in [-0.05, 0) is 25.4 Å². The van der Waals surface area contributed by atoms with E-state index >= 15 is 0 Å². The highest BCUT2D eigenvalue weighted by molar-refractivity contribution is 7.15. The van der Waals surface area contributed by atoms with Crippen LogP contribution in [0.5, 0.6) is 0 Å². The van der Waals surface area contributed by atoms with E-state index in [2.05, 4.69) is 17.2 Å². The second-order valence-corrected chi connectivity index (χ2v) is 5.11. The zero-order valence-electron chi connectivity index (χ0n) is 7.59. The molecule has 72 valence electrons. The molecular formula is C9H13ClN2S. The van der Waals surface area contributed by atoms with E-state index in [1.807, 2.05) is 0 Å². The summed E-state index contributed by atoms with van der Waals surface area (Å²) in [7, 11) is 0. The van der Waals surface area contributed by atoms with Crippen LogP contribution < -0.4 is 5.32 Å². The first-order valence-electron chi connectivity index (χ1n) is 4.63. The maximum atomic E-state index is 5.82. The molecule has 13 heavy (non-hydrogen) atoms. The van der Waals surface area contributed by atoms with Gasteiger partial charge in [0.15, 0.2) is 0 Å². The Morgan fingerprint density at radius 1 is 1.77 bits per heavy atom. The van der Waals surface area contributed by atoms with Gasteiger partial charge in [0, 0.05) is 5.92 Å². The molecule has 0 aromatic carbocycles. The SMILES string of the molecule is CCNCC1CC1c1ncc(Cl)s1. The summed E-state index contributed by atoms with van der Waals surface area (Å²) in [6, 6.07) is 0. The Bertz CT molecular complexity index is 287. The third kappa shape index (κ3) is 2.22. The first-order valence-corrected chi connectivity index (χ1v) is 5.82. The van der Waals surface area contributed by atoms with Gasteiger partial charge in [0.05, 0.1) is 11.2 Å². The van der Waals surface area contributed by atoms with Crippen molar-refractivity contribution in [2.24, 2.45) is 5.92 Å². The lowest BCUT2D eigenvalue weighted by atomic mass is 10.3. The quantitative estimate of drug-likeness (QED) is 0.837. The molecule has 2 rings (SSSR count).